The average molecular weight is 1550 g/mol. The SMILES string of the molecule is CCCCCCCCOc1ccc(COc2cc(COc3cc(CC(=S)CC)cc(OCc4cc(OCc5ccc(C)cc5)c(OCc5ccc(OCCCCCCCC)cc5)c(OCc5ccc(OCCCCCCCC)cc5)c4)c3)cc(OCc3ccc(C)cc3)c2OCc2ccc(OCCCCCCCC)cc2)cc1. The minimum Gasteiger partial charge on any atom is -0.494 e. The van der Waals surface area contributed by atoms with Gasteiger partial charge in [0.05, 0.1) is 26.4 Å². The van der Waals surface area contributed by atoms with Crippen LogP contribution in [0.4, 0.5) is 0 Å². The van der Waals surface area contributed by atoms with E-state index in [1.54, 1.807) is 0 Å². The third kappa shape index (κ3) is 33.3. The molecule has 0 saturated heterocycles. The van der Waals surface area contributed by atoms with Crippen LogP contribution in [-0.2, 0) is 59.3 Å². The molecule has 9 aromatic carbocycles. The van der Waals surface area contributed by atoms with Crippen LogP contribution in [0.25, 0.3) is 0 Å². The minimum absolute atomic E-state index is 0.152. The zero-order chi connectivity index (χ0) is 79.1. The van der Waals surface area contributed by atoms with Gasteiger partial charge in [-0.1, -0.05) is 283 Å². The van der Waals surface area contributed by atoms with Crippen LogP contribution in [0.2, 0.25) is 0 Å². The number of unbranched alkanes of at least 4 members (excludes halogenated alkanes) is 20. The van der Waals surface area contributed by atoms with Crippen molar-refractivity contribution in [1.29, 1.82) is 0 Å². The predicted molar refractivity (Wildman–Crippen MR) is 464 cm³/mol. The number of rotatable bonds is 59. The molecule has 0 atom stereocenters. The highest BCUT2D eigenvalue weighted by Gasteiger charge is 2.21. The van der Waals surface area contributed by atoms with Crippen molar-refractivity contribution in [3.63, 3.8) is 0 Å². The van der Waals surface area contributed by atoms with Crippen LogP contribution in [0.5, 0.6) is 69.0 Å². The fourth-order valence-corrected chi connectivity index (χ4v) is 13.2. The topological polar surface area (TPSA) is 111 Å². The molecular weight excluding hydrogens is 1430 g/mol. The molecule has 0 amide bonds. The van der Waals surface area contributed by atoms with Crippen LogP contribution < -0.4 is 56.8 Å². The summed E-state index contributed by atoms with van der Waals surface area (Å²) in [6.45, 7) is 20.0. The second-order valence-corrected chi connectivity index (χ2v) is 30.6. The van der Waals surface area contributed by atoms with Gasteiger partial charge in [0.1, 0.15) is 87.4 Å². The molecule has 13 heteroatoms. The predicted octanol–water partition coefficient (Wildman–Crippen LogP) is 27.2. The molecule has 0 aliphatic heterocycles. The van der Waals surface area contributed by atoms with Gasteiger partial charge in [-0.3, -0.25) is 0 Å². The Balaban J connectivity index is 0.988. The van der Waals surface area contributed by atoms with E-state index < -0.39 is 0 Å². The first-order valence-electron chi connectivity index (χ1n) is 42.5. The van der Waals surface area contributed by atoms with Gasteiger partial charge in [-0.05, 0) is 186 Å². The normalized spacial score (nSPS) is 11.1. The molecule has 0 radical (unpaired) electrons. The molecule has 0 heterocycles. The van der Waals surface area contributed by atoms with Crippen molar-refractivity contribution in [1.82, 2.24) is 0 Å². The van der Waals surface area contributed by atoms with E-state index in [9.17, 15) is 0 Å². The molecule has 606 valence electrons. The Bertz CT molecular complexity index is 3850. The first-order valence-corrected chi connectivity index (χ1v) is 42.9. The van der Waals surface area contributed by atoms with Gasteiger partial charge in [-0.25, -0.2) is 0 Å². The number of hydrogen-bond acceptors (Lipinski definition) is 13. The first kappa shape index (κ1) is 87.6. The van der Waals surface area contributed by atoms with Crippen LogP contribution >= 0.6 is 12.2 Å². The van der Waals surface area contributed by atoms with Gasteiger partial charge < -0.3 is 56.8 Å². The monoisotopic (exact) mass is 1550 g/mol. The minimum atomic E-state index is 0.152. The van der Waals surface area contributed by atoms with Crippen LogP contribution in [0.1, 0.15) is 256 Å². The molecule has 0 bridgehead atoms. The number of aryl methyl sites for hydroxylation is 2. The maximum atomic E-state index is 6.90. The molecule has 0 aliphatic rings. The van der Waals surface area contributed by atoms with Crippen molar-refractivity contribution in [2.45, 2.75) is 268 Å². The van der Waals surface area contributed by atoms with E-state index in [1.165, 1.54) is 140 Å². The summed E-state index contributed by atoms with van der Waals surface area (Å²) in [5, 5.41) is 0. The van der Waals surface area contributed by atoms with E-state index in [1.807, 2.05) is 91.0 Å². The summed E-state index contributed by atoms with van der Waals surface area (Å²) in [5.74, 6) is 7.61. The molecule has 0 fully saturated rings. The van der Waals surface area contributed by atoms with Crippen LogP contribution in [0, 0.1) is 13.8 Å². The van der Waals surface area contributed by atoms with E-state index >= 15 is 0 Å². The summed E-state index contributed by atoms with van der Waals surface area (Å²) in [6, 6.07) is 63.4. The molecule has 9 rings (SSSR count). The summed E-state index contributed by atoms with van der Waals surface area (Å²) in [7, 11) is 0. The van der Waals surface area contributed by atoms with Crippen molar-refractivity contribution < 1.29 is 56.8 Å². The third-order valence-corrected chi connectivity index (χ3v) is 20.5. The molecule has 0 spiro atoms. The Hall–Kier alpha value is -9.33. The zero-order valence-corrected chi connectivity index (χ0v) is 69.9. The molecule has 0 N–H and O–H groups in total. The largest absolute Gasteiger partial charge is 0.494 e. The number of hydrogen-bond donors (Lipinski definition) is 0. The Morgan fingerprint density at radius 3 is 0.726 bits per heavy atom. The number of ether oxygens (including phenoxy) is 12. The Morgan fingerprint density at radius 2 is 0.460 bits per heavy atom. The van der Waals surface area contributed by atoms with Crippen molar-refractivity contribution in [2.75, 3.05) is 26.4 Å². The molecular formula is C100H128O12S. The van der Waals surface area contributed by atoms with Crippen molar-refractivity contribution >= 4 is 17.1 Å². The highest BCUT2D eigenvalue weighted by molar-refractivity contribution is 7.80. The van der Waals surface area contributed by atoms with Gasteiger partial charge >= 0.3 is 0 Å². The smallest absolute Gasteiger partial charge is 0.203 e. The fourth-order valence-electron chi connectivity index (χ4n) is 13.1. The molecule has 0 aliphatic carbocycles. The maximum Gasteiger partial charge on any atom is 0.203 e. The molecule has 9 aromatic rings. The summed E-state index contributed by atoms with van der Waals surface area (Å²) in [6.07, 6.45) is 30.3. The zero-order valence-electron chi connectivity index (χ0n) is 69.1. The lowest BCUT2D eigenvalue weighted by Gasteiger charge is -2.20. The second kappa shape index (κ2) is 51.4. The summed E-state index contributed by atoms with van der Waals surface area (Å²) < 4.78 is 79.7. The summed E-state index contributed by atoms with van der Waals surface area (Å²) in [5.41, 5.74) is 10.8. The van der Waals surface area contributed by atoms with Gasteiger partial charge in [0.25, 0.3) is 0 Å². The van der Waals surface area contributed by atoms with E-state index in [-0.39, 0.29) is 39.6 Å². The van der Waals surface area contributed by atoms with E-state index in [4.69, 9.17) is 69.1 Å². The Labute approximate surface area is 682 Å². The molecule has 113 heavy (non-hydrogen) atoms. The number of thiocarbonyl (C=S) groups is 1. The molecule has 0 saturated carbocycles. The van der Waals surface area contributed by atoms with Crippen molar-refractivity contribution in [3.8, 4) is 69.0 Å². The van der Waals surface area contributed by atoms with Gasteiger partial charge in [0.15, 0.2) is 23.0 Å². The Kier molecular flexibility index (Phi) is 39.9. The van der Waals surface area contributed by atoms with Gasteiger partial charge in [-0.2, -0.15) is 0 Å². The van der Waals surface area contributed by atoms with Crippen LogP contribution in [0.3, 0.4) is 0 Å². The lowest BCUT2D eigenvalue weighted by atomic mass is 10.1. The Morgan fingerprint density at radius 1 is 0.221 bits per heavy atom. The summed E-state index contributed by atoms with van der Waals surface area (Å²) in [4.78, 5) is 0.916. The fraction of sp³-hybridized carbons (Fsp3) is 0.450. The van der Waals surface area contributed by atoms with Gasteiger partial charge in [0, 0.05) is 12.5 Å². The molecule has 0 aromatic heterocycles. The highest BCUT2D eigenvalue weighted by atomic mass is 32.1. The molecule has 12 nitrogen and oxygen atoms in total. The van der Waals surface area contributed by atoms with Gasteiger partial charge in [0.2, 0.25) is 11.5 Å². The van der Waals surface area contributed by atoms with E-state index in [0.717, 1.165) is 110 Å². The van der Waals surface area contributed by atoms with E-state index in [2.05, 4.69) is 146 Å². The standard InChI is InChI=1S/C100H128O12S/c1-8-13-17-21-25-29-57-101-88-49-41-81(42-50-88)71-109-97-66-86(64-95(107-69-79-37-33-77(6)34-38-79)99(97)111-73-83-45-53-90(54-46-83)103-59-31-27-23-19-15-10-3)75-105-92-61-85(63-94(113)12-5)62-93(68-92)106-76-87-65-96(108-70-80-39-35-78(7)36-40-80)100(112-74-84-47-55-91(56-48-84)104-60-32-28-24-20-16-11-4)98(67-87)110-72-82-43-51-89(52-44-82)102-58-30-26-22-18-14-9-2/h33-56,61-62,64-68H,8-32,57-60,63,69-76H2,1-7H3. The lowest BCUT2D eigenvalue weighted by Crippen LogP contribution is -2.07. The van der Waals surface area contributed by atoms with E-state index in [0.29, 0.717) is 92.1 Å². The van der Waals surface area contributed by atoms with Crippen molar-refractivity contribution in [2.24, 2.45) is 0 Å². The first-order chi connectivity index (χ1) is 55.5. The average Bonchev–Trinajstić information content (AvgIpc) is 0.817. The maximum absolute atomic E-state index is 6.90. The quantitative estimate of drug-likeness (QED) is 0.0267. The van der Waals surface area contributed by atoms with Crippen LogP contribution in [-0.4, -0.2) is 31.3 Å². The third-order valence-electron chi connectivity index (χ3n) is 20.1. The van der Waals surface area contributed by atoms with Gasteiger partial charge in [-0.15, -0.1) is 0 Å². The second-order valence-electron chi connectivity index (χ2n) is 30.0. The summed E-state index contributed by atoms with van der Waals surface area (Å²) >= 11 is 5.92. The number of benzene rings is 9. The van der Waals surface area contributed by atoms with Crippen LogP contribution in [0.15, 0.2) is 188 Å². The van der Waals surface area contributed by atoms with Crippen molar-refractivity contribution in [3.05, 3.63) is 249 Å². The lowest BCUT2D eigenvalue weighted by molar-refractivity contribution is 0.227. The molecule has 0 unspecified atom stereocenters. The highest BCUT2D eigenvalue weighted by Crippen LogP contribution is 2.43.